The lowest BCUT2D eigenvalue weighted by Crippen LogP contribution is -2.29. The first-order chi connectivity index (χ1) is 4.38. The molecule has 0 saturated carbocycles. The summed E-state index contributed by atoms with van der Waals surface area (Å²) in [6, 6.07) is -0.317. The minimum Gasteiger partial charge on any atom is -0.328 e. The molecular formula is C6H7NO2. The largest absolute Gasteiger partial charge is 0.328 e. The van der Waals surface area contributed by atoms with Crippen molar-refractivity contribution >= 4 is 12.7 Å². The van der Waals surface area contributed by atoms with Gasteiger partial charge in [-0.1, -0.05) is 12.2 Å². The van der Waals surface area contributed by atoms with E-state index in [1.54, 1.807) is 12.2 Å². The standard InChI is InChI=1S/C6H7NO2/c8-4-6-2-1-3-7(6)5-9/h1-2,4-6H,3H2. The van der Waals surface area contributed by atoms with Crippen molar-refractivity contribution in [1.82, 2.24) is 4.90 Å². The Hall–Kier alpha value is -1.12. The van der Waals surface area contributed by atoms with Crippen LogP contribution in [0.1, 0.15) is 0 Å². The number of nitrogens with zero attached hydrogens (tertiary/aromatic N) is 1. The summed E-state index contributed by atoms with van der Waals surface area (Å²) in [4.78, 5) is 21.7. The van der Waals surface area contributed by atoms with Crippen LogP contribution in [-0.4, -0.2) is 30.2 Å². The van der Waals surface area contributed by atoms with Crippen molar-refractivity contribution in [2.24, 2.45) is 0 Å². The Labute approximate surface area is 53.0 Å². The van der Waals surface area contributed by atoms with Gasteiger partial charge in [0.25, 0.3) is 0 Å². The summed E-state index contributed by atoms with van der Waals surface area (Å²) >= 11 is 0. The van der Waals surface area contributed by atoms with Crippen LogP contribution in [0.3, 0.4) is 0 Å². The Morgan fingerprint density at radius 2 is 2.33 bits per heavy atom. The third-order valence-electron chi connectivity index (χ3n) is 1.31. The fourth-order valence-electron chi connectivity index (χ4n) is 0.791. The molecule has 1 amide bonds. The second-order valence-corrected chi connectivity index (χ2v) is 1.86. The van der Waals surface area contributed by atoms with Crippen LogP contribution in [0, 0.1) is 0 Å². The van der Waals surface area contributed by atoms with Gasteiger partial charge in [-0.2, -0.15) is 0 Å². The van der Waals surface area contributed by atoms with E-state index in [1.807, 2.05) is 0 Å². The van der Waals surface area contributed by atoms with Gasteiger partial charge in [-0.25, -0.2) is 0 Å². The summed E-state index contributed by atoms with van der Waals surface area (Å²) < 4.78 is 0. The summed E-state index contributed by atoms with van der Waals surface area (Å²) in [7, 11) is 0. The lowest BCUT2D eigenvalue weighted by molar-refractivity contribution is -0.122. The molecule has 0 saturated heterocycles. The Kier molecular flexibility index (Phi) is 1.63. The van der Waals surface area contributed by atoms with Gasteiger partial charge in [-0.15, -0.1) is 0 Å². The van der Waals surface area contributed by atoms with Crippen molar-refractivity contribution in [3.63, 3.8) is 0 Å². The third-order valence-corrected chi connectivity index (χ3v) is 1.31. The van der Waals surface area contributed by atoms with Gasteiger partial charge in [-0.05, 0) is 0 Å². The molecule has 0 aromatic heterocycles. The monoisotopic (exact) mass is 125 g/mol. The average Bonchev–Trinajstić information content (AvgIpc) is 2.33. The molecule has 0 aromatic rings. The minimum atomic E-state index is -0.317. The van der Waals surface area contributed by atoms with Gasteiger partial charge < -0.3 is 9.69 Å². The van der Waals surface area contributed by atoms with Gasteiger partial charge in [0.05, 0.1) is 0 Å². The number of hydrogen-bond acceptors (Lipinski definition) is 2. The molecule has 0 fully saturated rings. The Morgan fingerprint density at radius 3 is 2.78 bits per heavy atom. The lowest BCUT2D eigenvalue weighted by atomic mass is 10.3. The molecule has 1 unspecified atom stereocenters. The fraction of sp³-hybridized carbons (Fsp3) is 0.333. The van der Waals surface area contributed by atoms with Crippen LogP contribution < -0.4 is 0 Å². The van der Waals surface area contributed by atoms with Crippen LogP contribution in [0.25, 0.3) is 0 Å². The second-order valence-electron chi connectivity index (χ2n) is 1.86. The van der Waals surface area contributed by atoms with Gasteiger partial charge in [-0.3, -0.25) is 4.79 Å². The zero-order chi connectivity index (χ0) is 6.69. The van der Waals surface area contributed by atoms with E-state index < -0.39 is 0 Å². The smallest absolute Gasteiger partial charge is 0.210 e. The zero-order valence-corrected chi connectivity index (χ0v) is 4.86. The summed E-state index contributed by atoms with van der Waals surface area (Å²) in [6.45, 7) is 0.562. The molecule has 0 aliphatic carbocycles. The molecule has 0 spiro atoms. The predicted octanol–water partition coefficient (Wildman–Crippen LogP) is -0.418. The number of hydrogen-bond donors (Lipinski definition) is 0. The zero-order valence-electron chi connectivity index (χ0n) is 4.86. The van der Waals surface area contributed by atoms with Crippen LogP contribution in [-0.2, 0) is 9.59 Å². The van der Waals surface area contributed by atoms with E-state index in [2.05, 4.69) is 0 Å². The van der Waals surface area contributed by atoms with Crippen molar-refractivity contribution in [2.45, 2.75) is 6.04 Å². The molecule has 1 heterocycles. The highest BCUT2D eigenvalue weighted by molar-refractivity contribution is 5.68. The molecule has 9 heavy (non-hydrogen) atoms. The van der Waals surface area contributed by atoms with Gasteiger partial charge >= 0.3 is 0 Å². The maximum atomic E-state index is 10.1. The summed E-state index contributed by atoms with van der Waals surface area (Å²) in [5.74, 6) is 0. The van der Waals surface area contributed by atoms with E-state index in [0.717, 1.165) is 6.29 Å². The van der Waals surface area contributed by atoms with Crippen LogP contribution in [0.2, 0.25) is 0 Å². The second kappa shape index (κ2) is 2.44. The van der Waals surface area contributed by atoms with Gasteiger partial charge in [0.2, 0.25) is 6.41 Å². The summed E-state index contributed by atoms with van der Waals surface area (Å²) in [5.41, 5.74) is 0. The fourth-order valence-corrected chi connectivity index (χ4v) is 0.791. The highest BCUT2D eigenvalue weighted by Crippen LogP contribution is 2.02. The first-order valence-electron chi connectivity index (χ1n) is 2.71. The molecular weight excluding hydrogens is 118 g/mol. The number of rotatable bonds is 2. The predicted molar refractivity (Wildman–Crippen MR) is 31.8 cm³/mol. The van der Waals surface area contributed by atoms with Gasteiger partial charge in [0.1, 0.15) is 12.3 Å². The molecule has 3 nitrogen and oxygen atoms in total. The van der Waals surface area contributed by atoms with E-state index in [-0.39, 0.29) is 6.04 Å². The van der Waals surface area contributed by atoms with E-state index in [0.29, 0.717) is 13.0 Å². The first-order valence-corrected chi connectivity index (χ1v) is 2.71. The van der Waals surface area contributed by atoms with Crippen LogP contribution in [0.5, 0.6) is 0 Å². The maximum absolute atomic E-state index is 10.1. The van der Waals surface area contributed by atoms with Crippen LogP contribution >= 0.6 is 0 Å². The van der Waals surface area contributed by atoms with E-state index in [4.69, 9.17) is 0 Å². The van der Waals surface area contributed by atoms with E-state index in [1.165, 1.54) is 4.90 Å². The van der Waals surface area contributed by atoms with Crippen molar-refractivity contribution in [3.8, 4) is 0 Å². The Morgan fingerprint density at radius 1 is 1.56 bits per heavy atom. The normalized spacial score (nSPS) is 24.4. The Bertz CT molecular complexity index is 153. The molecule has 0 N–H and O–H groups in total. The first kappa shape index (κ1) is 6.01. The molecule has 0 radical (unpaired) electrons. The number of carbonyl (C=O) groups is 2. The summed E-state index contributed by atoms with van der Waals surface area (Å²) in [6.07, 6.45) is 4.94. The average molecular weight is 125 g/mol. The van der Waals surface area contributed by atoms with Crippen molar-refractivity contribution in [3.05, 3.63) is 12.2 Å². The SMILES string of the molecule is O=CC1C=CCN1C=O. The van der Waals surface area contributed by atoms with Crippen molar-refractivity contribution in [1.29, 1.82) is 0 Å². The van der Waals surface area contributed by atoms with Gasteiger partial charge in [0, 0.05) is 6.54 Å². The minimum absolute atomic E-state index is 0.317. The number of carbonyl (C=O) groups excluding carboxylic acids is 2. The highest BCUT2D eigenvalue weighted by atomic mass is 16.1. The Balaban J connectivity index is 2.58. The van der Waals surface area contributed by atoms with Crippen LogP contribution in [0.4, 0.5) is 0 Å². The highest BCUT2D eigenvalue weighted by Gasteiger charge is 2.15. The molecule has 1 rings (SSSR count). The van der Waals surface area contributed by atoms with E-state index in [9.17, 15) is 9.59 Å². The molecule has 1 aliphatic heterocycles. The quantitative estimate of drug-likeness (QED) is 0.371. The topological polar surface area (TPSA) is 37.4 Å². The maximum Gasteiger partial charge on any atom is 0.210 e. The number of aldehydes is 1. The molecule has 48 valence electrons. The lowest BCUT2D eigenvalue weighted by Gasteiger charge is -2.12. The summed E-state index contributed by atoms with van der Waals surface area (Å²) in [5, 5.41) is 0. The van der Waals surface area contributed by atoms with E-state index >= 15 is 0 Å². The number of amides is 1. The van der Waals surface area contributed by atoms with Crippen molar-refractivity contribution < 1.29 is 9.59 Å². The van der Waals surface area contributed by atoms with Crippen molar-refractivity contribution in [2.75, 3.05) is 6.54 Å². The molecule has 1 aliphatic rings. The molecule has 0 aromatic carbocycles. The third kappa shape index (κ3) is 0.988. The molecule has 3 heteroatoms. The van der Waals surface area contributed by atoms with Crippen LogP contribution in [0.15, 0.2) is 12.2 Å². The van der Waals surface area contributed by atoms with Gasteiger partial charge in [0.15, 0.2) is 0 Å². The molecule has 1 atom stereocenters. The molecule has 0 bridgehead atoms.